The van der Waals surface area contributed by atoms with Gasteiger partial charge in [0.25, 0.3) is 11.8 Å². The predicted molar refractivity (Wildman–Crippen MR) is 90.0 cm³/mol. The fourth-order valence-electron chi connectivity index (χ4n) is 2.30. The highest BCUT2D eigenvalue weighted by Gasteiger charge is 2.14. The van der Waals surface area contributed by atoms with Crippen LogP contribution in [0.25, 0.3) is 5.65 Å². The van der Waals surface area contributed by atoms with E-state index < -0.39 is 17.6 Å². The van der Waals surface area contributed by atoms with Crippen LogP contribution in [0.3, 0.4) is 0 Å². The summed E-state index contributed by atoms with van der Waals surface area (Å²) in [7, 11) is 0. The highest BCUT2D eigenvalue weighted by molar-refractivity contribution is 5.96. The number of nitrogens with zero attached hydrogens (tertiary/aromatic N) is 3. The molecule has 2 N–H and O–H groups in total. The van der Waals surface area contributed by atoms with Crippen molar-refractivity contribution in [3.8, 4) is 5.75 Å². The van der Waals surface area contributed by atoms with Gasteiger partial charge in [-0.15, -0.1) is 0 Å². The summed E-state index contributed by atoms with van der Waals surface area (Å²) in [6.07, 6.45) is 1.42. The molecule has 8 nitrogen and oxygen atoms in total. The van der Waals surface area contributed by atoms with Crippen molar-refractivity contribution in [1.82, 2.24) is 25.4 Å². The second-order valence-corrected chi connectivity index (χ2v) is 5.56. The van der Waals surface area contributed by atoms with E-state index in [1.54, 1.807) is 17.5 Å². The van der Waals surface area contributed by atoms with E-state index in [0.29, 0.717) is 17.1 Å². The lowest BCUT2D eigenvalue weighted by atomic mass is 10.2. The quantitative estimate of drug-likeness (QED) is 0.687. The average Bonchev–Trinajstić information content (AvgIpc) is 3.01. The second-order valence-electron chi connectivity index (χ2n) is 5.56. The van der Waals surface area contributed by atoms with Gasteiger partial charge >= 0.3 is 0 Å². The normalized spacial score (nSPS) is 10.6. The highest BCUT2D eigenvalue weighted by Crippen LogP contribution is 2.11. The van der Waals surface area contributed by atoms with Gasteiger partial charge in [-0.25, -0.2) is 13.9 Å². The Labute approximate surface area is 148 Å². The molecule has 0 atom stereocenters. The van der Waals surface area contributed by atoms with E-state index in [0.717, 1.165) is 5.69 Å². The van der Waals surface area contributed by atoms with Gasteiger partial charge in [0, 0.05) is 12.3 Å². The van der Waals surface area contributed by atoms with Crippen LogP contribution in [0.1, 0.15) is 21.7 Å². The van der Waals surface area contributed by atoms with Gasteiger partial charge in [-0.2, -0.15) is 5.10 Å². The SMILES string of the molecule is Cc1cc2ncc(C(=O)NNC(=O)COc3ccc(F)cc3)c(C)n2n1. The van der Waals surface area contributed by atoms with Gasteiger partial charge in [-0.1, -0.05) is 0 Å². The monoisotopic (exact) mass is 357 g/mol. The summed E-state index contributed by atoms with van der Waals surface area (Å²) in [4.78, 5) is 28.2. The molecule has 0 spiro atoms. The standard InChI is InChI=1S/C17H16FN5O3/c1-10-7-15-19-8-14(11(2)23(15)22-10)17(25)21-20-16(24)9-26-13-5-3-12(18)4-6-13/h3-8H,9H2,1-2H3,(H,20,24)(H,21,25). The minimum absolute atomic E-state index is 0.278. The number of rotatable bonds is 4. The molecule has 0 saturated carbocycles. The van der Waals surface area contributed by atoms with Crippen molar-refractivity contribution in [2.45, 2.75) is 13.8 Å². The fourth-order valence-corrected chi connectivity index (χ4v) is 2.30. The Morgan fingerprint density at radius 3 is 2.65 bits per heavy atom. The third-order valence-corrected chi connectivity index (χ3v) is 3.59. The molecular weight excluding hydrogens is 341 g/mol. The van der Waals surface area contributed by atoms with Crippen molar-refractivity contribution < 1.29 is 18.7 Å². The number of amides is 2. The molecule has 0 fully saturated rings. The van der Waals surface area contributed by atoms with Crippen LogP contribution in [0.5, 0.6) is 5.75 Å². The first kappa shape index (κ1) is 17.3. The van der Waals surface area contributed by atoms with Gasteiger partial charge in [0.15, 0.2) is 12.3 Å². The Balaban J connectivity index is 1.57. The van der Waals surface area contributed by atoms with E-state index in [-0.39, 0.29) is 12.2 Å². The van der Waals surface area contributed by atoms with Crippen molar-refractivity contribution in [3.63, 3.8) is 0 Å². The van der Waals surface area contributed by atoms with Crippen molar-refractivity contribution in [2.75, 3.05) is 6.61 Å². The first-order valence-electron chi connectivity index (χ1n) is 7.73. The molecular formula is C17H16FN5O3. The minimum atomic E-state index is -0.565. The molecule has 9 heteroatoms. The smallest absolute Gasteiger partial charge is 0.276 e. The number of ether oxygens (including phenoxy) is 1. The topological polar surface area (TPSA) is 97.6 Å². The number of aryl methyl sites for hydroxylation is 2. The van der Waals surface area contributed by atoms with Crippen LogP contribution in [0.15, 0.2) is 36.5 Å². The summed E-state index contributed by atoms with van der Waals surface area (Å²) >= 11 is 0. The third-order valence-electron chi connectivity index (χ3n) is 3.59. The molecule has 0 aliphatic heterocycles. The molecule has 2 aromatic heterocycles. The molecule has 134 valence electrons. The molecule has 1 aromatic carbocycles. The third kappa shape index (κ3) is 3.77. The van der Waals surface area contributed by atoms with Gasteiger partial charge in [-0.05, 0) is 38.1 Å². The van der Waals surface area contributed by atoms with Gasteiger partial charge in [0.2, 0.25) is 0 Å². The lowest BCUT2D eigenvalue weighted by molar-refractivity contribution is -0.123. The second kappa shape index (κ2) is 7.18. The van der Waals surface area contributed by atoms with Crippen LogP contribution in [0.2, 0.25) is 0 Å². The summed E-state index contributed by atoms with van der Waals surface area (Å²) in [6, 6.07) is 7.04. The van der Waals surface area contributed by atoms with E-state index >= 15 is 0 Å². The Kier molecular flexibility index (Phi) is 4.78. The van der Waals surface area contributed by atoms with Gasteiger partial charge in [-0.3, -0.25) is 20.4 Å². The van der Waals surface area contributed by atoms with E-state index in [1.807, 2.05) is 6.92 Å². The summed E-state index contributed by atoms with van der Waals surface area (Å²) in [5.41, 5.74) is 6.83. The van der Waals surface area contributed by atoms with Crippen molar-refractivity contribution >= 4 is 17.5 Å². The molecule has 0 radical (unpaired) electrons. The number of hydrogen-bond acceptors (Lipinski definition) is 5. The highest BCUT2D eigenvalue weighted by atomic mass is 19.1. The molecule has 0 aliphatic carbocycles. The number of carbonyl (C=O) groups excluding carboxylic acids is 2. The maximum atomic E-state index is 12.8. The van der Waals surface area contributed by atoms with Gasteiger partial charge in [0.05, 0.1) is 17.0 Å². The molecule has 2 amide bonds. The van der Waals surface area contributed by atoms with Crippen molar-refractivity contribution in [1.29, 1.82) is 0 Å². The van der Waals surface area contributed by atoms with Gasteiger partial charge < -0.3 is 4.74 Å². The Morgan fingerprint density at radius 2 is 1.92 bits per heavy atom. The zero-order valence-electron chi connectivity index (χ0n) is 14.1. The van der Waals surface area contributed by atoms with Crippen molar-refractivity contribution in [3.05, 3.63) is 59.3 Å². The number of halogens is 1. The average molecular weight is 357 g/mol. The number of hydrazine groups is 1. The zero-order valence-corrected chi connectivity index (χ0v) is 14.1. The zero-order chi connectivity index (χ0) is 18.7. The molecule has 0 bridgehead atoms. The van der Waals surface area contributed by atoms with Gasteiger partial charge in [0.1, 0.15) is 11.6 Å². The molecule has 3 aromatic rings. The van der Waals surface area contributed by atoms with Crippen molar-refractivity contribution in [2.24, 2.45) is 0 Å². The Hall–Kier alpha value is -3.49. The van der Waals surface area contributed by atoms with E-state index in [4.69, 9.17) is 4.74 Å². The number of benzene rings is 1. The number of carbonyl (C=O) groups is 2. The predicted octanol–water partition coefficient (Wildman–Crippen LogP) is 1.33. The number of aromatic nitrogens is 3. The molecule has 26 heavy (non-hydrogen) atoms. The number of fused-ring (bicyclic) bond motifs is 1. The summed E-state index contributed by atoms with van der Waals surface area (Å²) < 4.78 is 19.5. The number of hydrogen-bond donors (Lipinski definition) is 2. The Morgan fingerprint density at radius 1 is 1.19 bits per heavy atom. The summed E-state index contributed by atoms with van der Waals surface area (Å²) in [6.45, 7) is 3.23. The van der Waals surface area contributed by atoms with Crippen LogP contribution >= 0.6 is 0 Å². The van der Waals surface area contributed by atoms with Crippen LogP contribution in [0, 0.1) is 19.7 Å². The largest absolute Gasteiger partial charge is 0.484 e. The molecule has 2 heterocycles. The molecule has 0 unspecified atom stereocenters. The molecule has 0 aliphatic rings. The number of nitrogens with one attached hydrogen (secondary N) is 2. The van der Waals surface area contributed by atoms with E-state index in [1.165, 1.54) is 30.5 Å². The van der Waals surface area contributed by atoms with Crippen LogP contribution in [-0.4, -0.2) is 33.0 Å². The molecule has 3 rings (SSSR count). The van der Waals surface area contributed by atoms with Crippen LogP contribution in [0.4, 0.5) is 4.39 Å². The maximum absolute atomic E-state index is 12.8. The van der Waals surface area contributed by atoms with Crippen LogP contribution < -0.4 is 15.6 Å². The summed E-state index contributed by atoms with van der Waals surface area (Å²) in [5, 5.41) is 4.26. The summed E-state index contributed by atoms with van der Waals surface area (Å²) in [5.74, 6) is -1.15. The minimum Gasteiger partial charge on any atom is -0.484 e. The van der Waals surface area contributed by atoms with E-state index in [9.17, 15) is 14.0 Å². The molecule has 0 saturated heterocycles. The first-order valence-corrected chi connectivity index (χ1v) is 7.73. The lowest BCUT2D eigenvalue weighted by Gasteiger charge is -2.10. The van der Waals surface area contributed by atoms with E-state index in [2.05, 4.69) is 20.9 Å². The van der Waals surface area contributed by atoms with Crippen LogP contribution in [-0.2, 0) is 4.79 Å². The fraction of sp³-hybridized carbons (Fsp3) is 0.176. The first-order chi connectivity index (χ1) is 12.4. The lowest BCUT2D eigenvalue weighted by Crippen LogP contribution is -2.44. The maximum Gasteiger partial charge on any atom is 0.276 e. The Bertz CT molecular complexity index is 968.